The largest absolute Gasteiger partial charge is 0.324 e. The minimum atomic E-state index is 0.0958. The highest BCUT2D eigenvalue weighted by Gasteiger charge is 2.07. The molecule has 0 amide bonds. The van der Waals surface area contributed by atoms with Crippen LogP contribution in [0, 0.1) is 0 Å². The normalized spacial score (nSPS) is 12.3. The minimum absolute atomic E-state index is 0.0958. The van der Waals surface area contributed by atoms with Crippen molar-refractivity contribution in [3.63, 3.8) is 0 Å². The molecule has 0 aliphatic rings. The molecule has 1 atom stereocenters. The zero-order valence-corrected chi connectivity index (χ0v) is 10.8. The molecule has 94 valence electrons. The van der Waals surface area contributed by atoms with E-state index in [1.165, 1.54) is 11.1 Å². The van der Waals surface area contributed by atoms with Gasteiger partial charge in [-0.05, 0) is 42.5 Å². The van der Waals surface area contributed by atoms with Crippen molar-refractivity contribution in [1.82, 2.24) is 4.98 Å². The van der Waals surface area contributed by atoms with E-state index in [2.05, 4.69) is 42.2 Å². The number of aromatic nitrogens is 1. The van der Waals surface area contributed by atoms with Crippen LogP contribution in [0.2, 0.25) is 0 Å². The Kier molecular flexibility index (Phi) is 4.48. The molecule has 1 aromatic heterocycles. The van der Waals surface area contributed by atoms with Gasteiger partial charge in [-0.2, -0.15) is 0 Å². The molecule has 1 heterocycles. The quantitative estimate of drug-likeness (QED) is 0.871. The molecular formula is C16H20N2. The van der Waals surface area contributed by atoms with Crippen LogP contribution < -0.4 is 5.73 Å². The lowest BCUT2D eigenvalue weighted by molar-refractivity contribution is 0.643. The fraction of sp³-hybridized carbons (Fsp3) is 0.312. The number of nitrogens with two attached hydrogens (primary N) is 1. The van der Waals surface area contributed by atoms with Crippen LogP contribution in [0.5, 0.6) is 0 Å². The second-order valence-corrected chi connectivity index (χ2v) is 4.56. The van der Waals surface area contributed by atoms with Crippen molar-refractivity contribution in [3.05, 3.63) is 65.5 Å². The Bertz CT molecular complexity index is 479. The molecule has 0 bridgehead atoms. The van der Waals surface area contributed by atoms with Crippen LogP contribution in [0.25, 0.3) is 0 Å². The van der Waals surface area contributed by atoms with Gasteiger partial charge in [0, 0.05) is 17.9 Å². The second-order valence-electron chi connectivity index (χ2n) is 4.56. The summed E-state index contributed by atoms with van der Waals surface area (Å²) in [4.78, 5) is 4.32. The summed E-state index contributed by atoms with van der Waals surface area (Å²) in [5.41, 5.74) is 9.92. The average molecular weight is 240 g/mol. The van der Waals surface area contributed by atoms with Crippen LogP contribution >= 0.6 is 0 Å². The predicted molar refractivity (Wildman–Crippen MR) is 75.3 cm³/mol. The second kappa shape index (κ2) is 6.31. The molecular weight excluding hydrogens is 220 g/mol. The molecule has 2 N–H and O–H groups in total. The van der Waals surface area contributed by atoms with Crippen LogP contribution in [-0.2, 0) is 12.8 Å². The predicted octanol–water partition coefficient (Wildman–Crippen LogP) is 3.28. The fourth-order valence-corrected chi connectivity index (χ4v) is 2.06. The highest BCUT2D eigenvalue weighted by atomic mass is 14.7. The molecule has 0 radical (unpaired) electrons. The van der Waals surface area contributed by atoms with E-state index in [0.29, 0.717) is 0 Å². The van der Waals surface area contributed by atoms with E-state index in [1.807, 2.05) is 18.3 Å². The summed E-state index contributed by atoms with van der Waals surface area (Å²) in [5, 5.41) is 0. The summed E-state index contributed by atoms with van der Waals surface area (Å²) >= 11 is 0. The average Bonchev–Trinajstić information content (AvgIpc) is 2.46. The van der Waals surface area contributed by atoms with E-state index in [9.17, 15) is 0 Å². The van der Waals surface area contributed by atoms with E-state index < -0.39 is 0 Å². The van der Waals surface area contributed by atoms with Gasteiger partial charge < -0.3 is 5.73 Å². The molecule has 2 heteroatoms. The van der Waals surface area contributed by atoms with E-state index >= 15 is 0 Å². The first-order valence-electron chi connectivity index (χ1n) is 6.54. The third-order valence-corrected chi connectivity index (χ3v) is 3.23. The summed E-state index contributed by atoms with van der Waals surface area (Å²) in [6.07, 6.45) is 4.75. The van der Waals surface area contributed by atoms with Crippen LogP contribution in [0.1, 0.15) is 36.2 Å². The molecule has 1 aromatic carbocycles. The first-order valence-corrected chi connectivity index (χ1v) is 6.54. The van der Waals surface area contributed by atoms with Crippen molar-refractivity contribution in [2.45, 2.75) is 32.2 Å². The van der Waals surface area contributed by atoms with Crippen LogP contribution in [0.3, 0.4) is 0 Å². The van der Waals surface area contributed by atoms with Crippen molar-refractivity contribution in [1.29, 1.82) is 0 Å². The third kappa shape index (κ3) is 3.41. The van der Waals surface area contributed by atoms with Gasteiger partial charge in [-0.3, -0.25) is 4.98 Å². The van der Waals surface area contributed by atoms with Gasteiger partial charge in [0.05, 0.1) is 0 Å². The summed E-state index contributed by atoms with van der Waals surface area (Å²) in [6, 6.07) is 14.7. The zero-order chi connectivity index (χ0) is 12.8. The number of nitrogens with zero attached hydrogens (tertiary/aromatic N) is 1. The maximum Gasteiger partial charge on any atom is 0.0404 e. The van der Waals surface area contributed by atoms with Crippen LogP contribution in [0.15, 0.2) is 48.7 Å². The van der Waals surface area contributed by atoms with Gasteiger partial charge in [-0.1, -0.05) is 37.3 Å². The van der Waals surface area contributed by atoms with Gasteiger partial charge in [-0.25, -0.2) is 0 Å². The van der Waals surface area contributed by atoms with Gasteiger partial charge in [0.2, 0.25) is 0 Å². The van der Waals surface area contributed by atoms with Gasteiger partial charge in [-0.15, -0.1) is 0 Å². The Hall–Kier alpha value is -1.67. The number of hydrogen-bond donors (Lipinski definition) is 1. The highest BCUT2D eigenvalue weighted by molar-refractivity contribution is 5.26. The Balaban J connectivity index is 1.97. The lowest BCUT2D eigenvalue weighted by atomic mass is 9.99. The molecule has 0 spiro atoms. The van der Waals surface area contributed by atoms with E-state index in [-0.39, 0.29) is 6.04 Å². The highest BCUT2D eigenvalue weighted by Crippen LogP contribution is 2.17. The smallest absolute Gasteiger partial charge is 0.0404 e. The number of hydrogen-bond acceptors (Lipinski definition) is 2. The maximum atomic E-state index is 6.24. The van der Waals surface area contributed by atoms with Crippen LogP contribution in [0.4, 0.5) is 0 Å². The molecule has 0 saturated carbocycles. The molecule has 18 heavy (non-hydrogen) atoms. The van der Waals surface area contributed by atoms with E-state index in [4.69, 9.17) is 5.73 Å². The Morgan fingerprint density at radius 1 is 1.17 bits per heavy atom. The Morgan fingerprint density at radius 2 is 2.06 bits per heavy atom. The first-order chi connectivity index (χ1) is 8.79. The van der Waals surface area contributed by atoms with E-state index in [1.54, 1.807) is 0 Å². The lowest BCUT2D eigenvalue weighted by Crippen LogP contribution is -2.12. The van der Waals surface area contributed by atoms with Crippen molar-refractivity contribution in [3.8, 4) is 0 Å². The molecule has 1 unspecified atom stereocenters. The number of rotatable bonds is 5. The molecule has 0 aliphatic heterocycles. The minimum Gasteiger partial charge on any atom is -0.324 e. The van der Waals surface area contributed by atoms with Crippen LogP contribution in [-0.4, -0.2) is 4.98 Å². The fourth-order valence-electron chi connectivity index (χ4n) is 2.06. The number of pyridine rings is 1. The van der Waals surface area contributed by atoms with Crippen molar-refractivity contribution >= 4 is 0 Å². The molecule has 0 fully saturated rings. The van der Waals surface area contributed by atoms with Crippen molar-refractivity contribution in [2.24, 2.45) is 5.73 Å². The summed E-state index contributed by atoms with van der Waals surface area (Å²) in [6.45, 7) is 2.17. The monoisotopic (exact) mass is 240 g/mol. The Labute approximate surface area is 109 Å². The molecule has 2 nitrogen and oxygen atoms in total. The topological polar surface area (TPSA) is 38.9 Å². The lowest BCUT2D eigenvalue weighted by Gasteiger charge is -2.12. The summed E-state index contributed by atoms with van der Waals surface area (Å²) < 4.78 is 0. The molecule has 0 saturated heterocycles. The number of aryl methyl sites for hydroxylation is 2. The molecule has 2 rings (SSSR count). The van der Waals surface area contributed by atoms with Gasteiger partial charge in [0.1, 0.15) is 0 Å². The zero-order valence-electron chi connectivity index (χ0n) is 10.8. The molecule has 0 aliphatic carbocycles. The number of benzene rings is 1. The Morgan fingerprint density at radius 3 is 2.78 bits per heavy atom. The maximum absolute atomic E-state index is 6.24. The van der Waals surface area contributed by atoms with Crippen molar-refractivity contribution in [2.75, 3.05) is 0 Å². The van der Waals surface area contributed by atoms with Gasteiger partial charge >= 0.3 is 0 Å². The summed E-state index contributed by atoms with van der Waals surface area (Å²) in [5.74, 6) is 0. The van der Waals surface area contributed by atoms with Gasteiger partial charge in [0.25, 0.3) is 0 Å². The molecule has 2 aromatic rings. The SMILES string of the molecule is CCc1cccc(C(N)CCc2ccccn2)c1. The van der Waals surface area contributed by atoms with Crippen molar-refractivity contribution < 1.29 is 0 Å². The van der Waals surface area contributed by atoms with E-state index in [0.717, 1.165) is 25.0 Å². The van der Waals surface area contributed by atoms with Gasteiger partial charge in [0.15, 0.2) is 0 Å². The summed E-state index contributed by atoms with van der Waals surface area (Å²) in [7, 11) is 0. The third-order valence-electron chi connectivity index (χ3n) is 3.23. The standard InChI is InChI=1S/C16H20N2/c1-2-13-6-5-7-14(12-13)16(17)10-9-15-8-3-4-11-18-15/h3-8,11-12,16H,2,9-10,17H2,1H3. The first kappa shape index (κ1) is 12.8.